The first kappa shape index (κ1) is 19.3. The Morgan fingerprint density at radius 3 is 1.85 bits per heavy atom. The second-order valence-electron chi connectivity index (χ2n) is 8.34. The number of benzene rings is 2. The van der Waals surface area contributed by atoms with Crippen molar-refractivity contribution in [3.8, 4) is 0 Å². The third-order valence-electron chi connectivity index (χ3n) is 6.63. The van der Waals surface area contributed by atoms with Crippen LogP contribution in [0.15, 0.2) is 85.6 Å². The van der Waals surface area contributed by atoms with Gasteiger partial charge in [0.05, 0.1) is 5.60 Å². The Morgan fingerprint density at radius 1 is 0.885 bits per heavy atom. The van der Waals surface area contributed by atoms with Gasteiger partial charge in [0.25, 0.3) is 0 Å². The van der Waals surface area contributed by atoms with Crippen molar-refractivity contribution in [2.75, 3.05) is 0 Å². The van der Waals surface area contributed by atoms with E-state index in [1.54, 1.807) is 0 Å². The maximum atomic E-state index is 6.93. The molecule has 1 fully saturated rings. The molecule has 0 saturated carbocycles. The van der Waals surface area contributed by atoms with Crippen molar-refractivity contribution in [3.63, 3.8) is 0 Å². The molecule has 136 valence electrons. The van der Waals surface area contributed by atoms with Gasteiger partial charge in [-0.1, -0.05) is 89.4 Å². The fourth-order valence-electron chi connectivity index (χ4n) is 5.00. The molecule has 0 aromatic heterocycles. The van der Waals surface area contributed by atoms with E-state index < -0.39 is 22.5 Å². The summed E-state index contributed by atoms with van der Waals surface area (Å²) >= 11 is 0. The molecule has 4 heteroatoms. The summed E-state index contributed by atoms with van der Waals surface area (Å²) in [6.45, 7) is 18.3. The Balaban J connectivity index is 2.37. The predicted octanol–water partition coefficient (Wildman–Crippen LogP) is 4.39. The zero-order valence-electron chi connectivity index (χ0n) is 16.5. The number of hydrogen-bond acceptors (Lipinski definition) is 1. The summed E-state index contributed by atoms with van der Waals surface area (Å²) in [5, 5.41) is 3.03. The molecule has 0 N–H and O–H groups in total. The zero-order valence-corrected chi connectivity index (χ0v) is 19.5. The topological polar surface area (TPSA) is 9.23 Å². The minimum absolute atomic E-state index is 0.271. The van der Waals surface area contributed by atoms with Crippen LogP contribution < -0.4 is 10.4 Å². The largest absolute Gasteiger partial charge is 0.412 e. The van der Waals surface area contributed by atoms with Crippen molar-refractivity contribution in [2.45, 2.75) is 38.2 Å². The van der Waals surface area contributed by atoms with Crippen LogP contribution in [0.3, 0.4) is 0 Å². The average Bonchev–Trinajstić information content (AvgIpc) is 2.65. The fraction of sp³-hybridized carbons (Fsp3) is 0.273. The average molecular weight is 395 g/mol. The highest BCUT2D eigenvalue weighted by atomic mass is 29.6. The van der Waals surface area contributed by atoms with Crippen LogP contribution in [0.1, 0.15) is 6.92 Å². The summed E-state index contributed by atoms with van der Waals surface area (Å²) in [5.41, 5.74) is 2.11. The molecule has 1 aliphatic rings. The van der Waals surface area contributed by atoms with Gasteiger partial charge in [0.15, 0.2) is 7.83 Å². The first-order valence-electron chi connectivity index (χ1n) is 9.33. The van der Waals surface area contributed by atoms with E-state index in [1.807, 2.05) is 6.08 Å². The van der Waals surface area contributed by atoms with Gasteiger partial charge >= 0.3 is 0 Å². The Hall–Kier alpha value is -1.47. The molecule has 3 rings (SSSR count). The van der Waals surface area contributed by atoms with Crippen molar-refractivity contribution in [2.24, 2.45) is 0 Å². The lowest BCUT2D eigenvalue weighted by Crippen LogP contribution is -2.88. The SMILES string of the molecule is C=CC1(C)C[Si](C=C)(c2ccccc2)[Si](C)(c2ccccc2)[Si](C)(C)O1. The minimum Gasteiger partial charge on any atom is -0.412 e. The summed E-state index contributed by atoms with van der Waals surface area (Å²) in [4.78, 5) is 0. The van der Waals surface area contributed by atoms with Gasteiger partial charge in [0.1, 0.15) is 14.7 Å². The second-order valence-corrected chi connectivity index (χ2v) is 31.5. The molecule has 0 aliphatic carbocycles. The molecule has 2 aromatic rings. The van der Waals surface area contributed by atoms with Crippen LogP contribution in [0.5, 0.6) is 0 Å². The Labute approximate surface area is 161 Å². The third-order valence-corrected chi connectivity index (χ3v) is 42.7. The number of rotatable bonds is 4. The maximum absolute atomic E-state index is 6.93. The highest BCUT2D eigenvalue weighted by Gasteiger charge is 2.67. The molecule has 0 radical (unpaired) electrons. The lowest BCUT2D eigenvalue weighted by molar-refractivity contribution is 0.155. The molecule has 0 spiro atoms. The Bertz CT molecular complexity index is 805. The molecule has 0 bridgehead atoms. The van der Waals surface area contributed by atoms with Crippen LogP contribution in [-0.4, -0.2) is 28.1 Å². The van der Waals surface area contributed by atoms with Crippen LogP contribution >= 0.6 is 0 Å². The summed E-state index contributed by atoms with van der Waals surface area (Å²) in [5.74, 6) is 0. The van der Waals surface area contributed by atoms with Crippen molar-refractivity contribution >= 4 is 32.9 Å². The standard InChI is InChI=1S/C22H30OSi3/c1-7-22(3)19-26(8-2,21-17-13-10-14-18-21)25(6,24(4,5)23-22)20-15-11-9-12-16-20/h7-18H,1-2,19H2,3-6H3. The van der Waals surface area contributed by atoms with E-state index in [9.17, 15) is 0 Å². The quantitative estimate of drug-likeness (QED) is 0.552. The smallest absolute Gasteiger partial charge is 0.178 e. The van der Waals surface area contributed by atoms with Gasteiger partial charge in [-0.05, 0) is 26.1 Å². The minimum atomic E-state index is -2.05. The van der Waals surface area contributed by atoms with Crippen LogP contribution in [-0.2, 0) is 4.43 Å². The Morgan fingerprint density at radius 2 is 1.38 bits per heavy atom. The first-order valence-corrected chi connectivity index (χ1v) is 19.0. The fourth-order valence-corrected chi connectivity index (χ4v) is 41.7. The van der Waals surface area contributed by atoms with Gasteiger partial charge in [-0.3, -0.25) is 0 Å². The third kappa shape index (κ3) is 2.67. The highest BCUT2D eigenvalue weighted by Crippen LogP contribution is 2.44. The van der Waals surface area contributed by atoms with Gasteiger partial charge in [-0.25, -0.2) is 0 Å². The van der Waals surface area contributed by atoms with E-state index in [4.69, 9.17) is 4.43 Å². The van der Waals surface area contributed by atoms with Crippen molar-refractivity contribution < 1.29 is 4.43 Å². The van der Waals surface area contributed by atoms with Gasteiger partial charge in [-0.15, -0.1) is 13.2 Å². The zero-order chi connectivity index (χ0) is 19.1. The molecule has 0 amide bonds. The molecular formula is C22H30OSi3. The first-order chi connectivity index (χ1) is 12.2. The summed E-state index contributed by atoms with van der Waals surface area (Å²) < 4.78 is 6.93. The molecular weight excluding hydrogens is 364 g/mol. The van der Waals surface area contributed by atoms with Gasteiger partial charge < -0.3 is 4.43 Å². The van der Waals surface area contributed by atoms with E-state index in [0.717, 1.165) is 6.04 Å². The predicted molar refractivity (Wildman–Crippen MR) is 122 cm³/mol. The van der Waals surface area contributed by atoms with Gasteiger partial charge in [0, 0.05) is 0 Å². The second kappa shape index (κ2) is 6.60. The van der Waals surface area contributed by atoms with Gasteiger partial charge in [-0.2, -0.15) is 0 Å². The molecule has 1 heterocycles. The molecule has 1 aliphatic heterocycles. The van der Waals surface area contributed by atoms with E-state index in [2.05, 4.69) is 106 Å². The van der Waals surface area contributed by atoms with E-state index in [-0.39, 0.29) is 5.60 Å². The number of hydrogen-bond donors (Lipinski definition) is 0. The lowest BCUT2D eigenvalue weighted by Gasteiger charge is -2.60. The van der Waals surface area contributed by atoms with Crippen LogP contribution in [0.4, 0.5) is 0 Å². The van der Waals surface area contributed by atoms with Crippen LogP contribution in [0, 0.1) is 0 Å². The summed E-state index contributed by atoms with van der Waals surface area (Å²) in [6.07, 6.45) is 2.04. The Kier molecular flexibility index (Phi) is 4.90. The lowest BCUT2D eigenvalue weighted by atomic mass is 10.1. The van der Waals surface area contributed by atoms with Crippen molar-refractivity contribution in [1.82, 2.24) is 0 Å². The molecule has 2 aromatic carbocycles. The van der Waals surface area contributed by atoms with Crippen molar-refractivity contribution in [3.05, 3.63) is 85.6 Å². The normalized spacial score (nSPS) is 33.4. The summed E-state index contributed by atoms with van der Waals surface area (Å²) in [7, 11) is -6.05. The maximum Gasteiger partial charge on any atom is 0.178 e. The molecule has 1 nitrogen and oxygen atoms in total. The van der Waals surface area contributed by atoms with Crippen LogP contribution in [0.2, 0.25) is 25.7 Å². The van der Waals surface area contributed by atoms with E-state index >= 15 is 0 Å². The van der Waals surface area contributed by atoms with Crippen LogP contribution in [0.25, 0.3) is 0 Å². The molecule has 3 unspecified atom stereocenters. The highest BCUT2D eigenvalue weighted by molar-refractivity contribution is 7.75. The van der Waals surface area contributed by atoms with E-state index in [0.29, 0.717) is 0 Å². The summed E-state index contributed by atoms with van der Waals surface area (Å²) in [6, 6.07) is 23.4. The van der Waals surface area contributed by atoms with Crippen molar-refractivity contribution in [1.29, 1.82) is 0 Å². The van der Waals surface area contributed by atoms with Gasteiger partial charge in [0.2, 0.25) is 0 Å². The monoisotopic (exact) mass is 394 g/mol. The molecule has 1 saturated heterocycles. The molecule has 3 atom stereocenters. The molecule has 26 heavy (non-hydrogen) atoms. The van der Waals surface area contributed by atoms with E-state index in [1.165, 1.54) is 10.4 Å².